The maximum atomic E-state index is 2.47. The van der Waals surface area contributed by atoms with Crippen molar-refractivity contribution in [3.8, 4) is 83.6 Å². The molecule has 636 valence electrons. The van der Waals surface area contributed by atoms with Crippen molar-refractivity contribution in [3.63, 3.8) is 0 Å². The van der Waals surface area contributed by atoms with Crippen LogP contribution in [0.1, 0.15) is 0 Å². The quantitative estimate of drug-likeness (QED) is 0.145. The summed E-state index contributed by atoms with van der Waals surface area (Å²) in [5.41, 5.74) is 40.2. The SMILES string of the molecule is c1ccc(-c2ccc3c(c2)c2cc(-c4cc5c6ccccc6n6c7ccccc7c(c4)c56)cc4c5ccccc5n3c42)cc1.c1ccc(-c2ccc3c(c2)c2cccc4c5cc(-c6ccc7c(c6)c6cccc8c9ccccc9n7c86)ccc5n3c24)cc1.c1ccc(-c2cccc(-n3c4ccccc4c4cc(-c5ccc6c(c5)c5cccc7c8cc(-c9ccccc9)ccc8n6c75)ccc43)c2)cc1. The molecule has 0 bridgehead atoms. The molecule has 11 heterocycles. The summed E-state index contributed by atoms with van der Waals surface area (Å²) < 4.78 is 14.7. The molecule has 33 aromatic rings. The number of rotatable bonds is 8. The number of benzene rings is 22. The topological polar surface area (TPSA) is 27.0 Å². The van der Waals surface area contributed by atoms with Gasteiger partial charge in [0.15, 0.2) is 0 Å². The smallest absolute Gasteiger partial charge is 0.0620 e. The Balaban J connectivity index is 0.0000000961. The maximum Gasteiger partial charge on any atom is 0.0620 e. The molecule has 0 saturated heterocycles. The summed E-state index contributed by atoms with van der Waals surface area (Å²) in [6, 6.07) is 174. The van der Waals surface area contributed by atoms with Gasteiger partial charge >= 0.3 is 0 Å². The molecule has 0 aliphatic rings. The van der Waals surface area contributed by atoms with Gasteiger partial charge in [0.05, 0.1) is 93.8 Å². The van der Waals surface area contributed by atoms with E-state index in [0.717, 1.165) is 0 Å². The second-order valence-corrected chi connectivity index (χ2v) is 37.7. The summed E-state index contributed by atoms with van der Waals surface area (Å²) in [7, 11) is 0. The fourth-order valence-electron chi connectivity index (χ4n) is 24.5. The first-order chi connectivity index (χ1) is 68.5. The Bertz CT molecular complexity index is 10800. The molecule has 0 fully saturated rings. The Morgan fingerprint density at radius 1 is 0.0942 bits per heavy atom. The molecule has 0 aliphatic heterocycles. The van der Waals surface area contributed by atoms with Crippen LogP contribution in [0, 0.1) is 0 Å². The fourth-order valence-corrected chi connectivity index (χ4v) is 24.5. The van der Waals surface area contributed by atoms with Crippen molar-refractivity contribution in [3.05, 3.63) is 473 Å². The van der Waals surface area contributed by atoms with E-state index in [1.165, 1.54) is 296 Å². The Kier molecular flexibility index (Phi) is 15.6. The summed E-state index contributed by atoms with van der Waals surface area (Å²) in [6.45, 7) is 0. The molecule has 0 unspecified atom stereocenters. The van der Waals surface area contributed by atoms with Gasteiger partial charge < -0.3 is 26.6 Å². The predicted octanol–water partition coefficient (Wildman–Crippen LogP) is 35.6. The summed E-state index contributed by atoms with van der Waals surface area (Å²) in [6.07, 6.45) is 0. The number of nitrogens with zero attached hydrogens (tertiary/aromatic N) is 6. The molecule has 0 amide bonds. The summed E-state index contributed by atoms with van der Waals surface area (Å²) in [5, 5.41) is 28.7. The van der Waals surface area contributed by atoms with Gasteiger partial charge in [-0.1, -0.05) is 322 Å². The molecule has 138 heavy (non-hydrogen) atoms. The summed E-state index contributed by atoms with van der Waals surface area (Å²) >= 11 is 0. The van der Waals surface area contributed by atoms with Crippen molar-refractivity contribution < 1.29 is 0 Å². The zero-order chi connectivity index (χ0) is 89.8. The lowest BCUT2D eigenvalue weighted by molar-refractivity contribution is 1.18. The lowest BCUT2D eigenvalue weighted by Crippen LogP contribution is -1.94. The Morgan fingerprint density at radius 2 is 0.268 bits per heavy atom. The standard InChI is InChI=1S/C48H30N2.2C42H24N2/c1-3-11-31(12-4-1)33-15-9-16-37(27-33)49-44-20-8-7-17-38(44)41-29-35(22-24-45(41)49)36-23-26-47-43(30-36)40-19-10-18-39-42-28-34(32-13-5-2-6-14-32)21-25-46(42)50(47)48(39)40;1-2-10-25(11-3-1)26-18-19-40-32(20-26)36-24-28(23-35-31-14-6-9-17-39(31)44(40)42(35)36)27-21-33-29-12-4-7-15-37(29)43-38-16-8-5-13-30(38)34(22-27)41(33)43;1-2-8-25(9-3-1)26-16-19-39-34(22-26)32-13-7-14-33-36-24-28(18-21-40(36)44(39)42(32)33)27-17-20-38-35(23-27)31-12-6-11-30-29-10-4-5-15-37(29)43(38)41(30)31/h1-30H;2*1-24H. The second-order valence-electron chi connectivity index (χ2n) is 37.7. The first kappa shape index (κ1) is 75.2. The highest BCUT2D eigenvalue weighted by atomic mass is 15.0. The van der Waals surface area contributed by atoms with Gasteiger partial charge in [-0.25, -0.2) is 0 Å². The van der Waals surface area contributed by atoms with E-state index in [-0.39, 0.29) is 0 Å². The molecule has 22 aromatic carbocycles. The number of fused-ring (bicyclic) bond motifs is 33. The number of para-hydroxylation sites is 8. The van der Waals surface area contributed by atoms with Gasteiger partial charge in [0.1, 0.15) is 0 Å². The van der Waals surface area contributed by atoms with Crippen molar-refractivity contribution in [2.24, 2.45) is 0 Å². The van der Waals surface area contributed by atoms with Crippen molar-refractivity contribution in [2.45, 2.75) is 0 Å². The van der Waals surface area contributed by atoms with Crippen LogP contribution in [0.15, 0.2) is 473 Å². The monoisotopic (exact) mass is 1750 g/mol. The molecule has 6 heteroatoms. The Hall–Kier alpha value is -18.4. The van der Waals surface area contributed by atoms with Gasteiger partial charge in [-0.15, -0.1) is 0 Å². The van der Waals surface area contributed by atoms with E-state index in [2.05, 4.69) is 500 Å². The summed E-state index contributed by atoms with van der Waals surface area (Å²) in [5.74, 6) is 0. The van der Waals surface area contributed by atoms with E-state index in [0.29, 0.717) is 0 Å². The van der Waals surface area contributed by atoms with E-state index in [1.807, 2.05) is 0 Å². The minimum absolute atomic E-state index is 1.17. The maximum absolute atomic E-state index is 2.47. The highest BCUT2D eigenvalue weighted by Crippen LogP contribution is 2.51. The van der Waals surface area contributed by atoms with Gasteiger partial charge in [-0.05, 0) is 230 Å². The van der Waals surface area contributed by atoms with Gasteiger partial charge in [-0.3, -0.25) is 0 Å². The van der Waals surface area contributed by atoms with Gasteiger partial charge in [0, 0.05) is 124 Å². The van der Waals surface area contributed by atoms with E-state index >= 15 is 0 Å². The van der Waals surface area contributed by atoms with Crippen LogP contribution in [0.5, 0.6) is 0 Å². The van der Waals surface area contributed by atoms with Crippen molar-refractivity contribution >= 4 is 212 Å². The molecule has 0 aliphatic carbocycles. The van der Waals surface area contributed by atoms with Crippen molar-refractivity contribution in [1.82, 2.24) is 26.6 Å². The van der Waals surface area contributed by atoms with Crippen LogP contribution in [0.25, 0.3) is 296 Å². The average Bonchev–Trinajstić information content (AvgIpc) is 1.54. The van der Waals surface area contributed by atoms with E-state index < -0.39 is 0 Å². The van der Waals surface area contributed by atoms with E-state index in [9.17, 15) is 0 Å². The zero-order valence-corrected chi connectivity index (χ0v) is 74.7. The van der Waals surface area contributed by atoms with E-state index in [4.69, 9.17) is 0 Å². The van der Waals surface area contributed by atoms with Crippen LogP contribution in [0.4, 0.5) is 0 Å². The van der Waals surface area contributed by atoms with Crippen LogP contribution in [0.3, 0.4) is 0 Å². The zero-order valence-electron chi connectivity index (χ0n) is 74.7. The largest absolute Gasteiger partial charge is 0.309 e. The highest BCUT2D eigenvalue weighted by Gasteiger charge is 2.28. The number of hydrogen-bond acceptors (Lipinski definition) is 0. The van der Waals surface area contributed by atoms with Gasteiger partial charge in [-0.2, -0.15) is 0 Å². The van der Waals surface area contributed by atoms with Crippen LogP contribution in [0.2, 0.25) is 0 Å². The third kappa shape index (κ3) is 10.7. The number of aromatic nitrogens is 6. The first-order valence-corrected chi connectivity index (χ1v) is 47.8. The second kappa shape index (κ2) is 28.6. The molecule has 0 N–H and O–H groups in total. The molecule has 6 nitrogen and oxygen atoms in total. The third-order valence-corrected chi connectivity index (χ3v) is 30.6. The molecule has 0 saturated carbocycles. The first-order valence-electron chi connectivity index (χ1n) is 47.8. The van der Waals surface area contributed by atoms with Crippen LogP contribution in [-0.4, -0.2) is 26.6 Å². The van der Waals surface area contributed by atoms with Crippen molar-refractivity contribution in [2.75, 3.05) is 0 Å². The van der Waals surface area contributed by atoms with Gasteiger partial charge in [0.25, 0.3) is 0 Å². The third-order valence-electron chi connectivity index (χ3n) is 30.6. The molecule has 0 radical (unpaired) electrons. The van der Waals surface area contributed by atoms with Crippen molar-refractivity contribution in [1.29, 1.82) is 0 Å². The lowest BCUT2D eigenvalue weighted by atomic mass is 9.95. The lowest BCUT2D eigenvalue weighted by Gasteiger charge is -2.11. The predicted molar refractivity (Wildman–Crippen MR) is 585 cm³/mol. The van der Waals surface area contributed by atoms with Gasteiger partial charge in [0.2, 0.25) is 0 Å². The minimum atomic E-state index is 1.17. The molecular formula is C132H78N6. The Labute approximate surface area is 790 Å². The average molecular weight is 1750 g/mol. The van der Waals surface area contributed by atoms with Crippen LogP contribution >= 0.6 is 0 Å². The van der Waals surface area contributed by atoms with Crippen LogP contribution in [-0.2, 0) is 0 Å². The normalized spacial score (nSPS) is 12.3. The molecule has 11 aromatic heterocycles. The Morgan fingerprint density at radius 3 is 0.580 bits per heavy atom. The number of hydrogen-bond donors (Lipinski definition) is 0. The molecule has 33 rings (SSSR count). The summed E-state index contributed by atoms with van der Waals surface area (Å²) in [4.78, 5) is 0. The highest BCUT2D eigenvalue weighted by molar-refractivity contribution is 6.31. The molecular weight excluding hydrogens is 1670 g/mol. The molecule has 0 spiro atoms. The fraction of sp³-hybridized carbons (Fsp3) is 0. The molecule has 0 atom stereocenters. The van der Waals surface area contributed by atoms with E-state index in [1.54, 1.807) is 0 Å². The minimum Gasteiger partial charge on any atom is -0.309 e. The van der Waals surface area contributed by atoms with Crippen LogP contribution < -0.4 is 0 Å².